The van der Waals surface area contributed by atoms with Crippen molar-refractivity contribution in [3.63, 3.8) is 0 Å². The van der Waals surface area contributed by atoms with Crippen LogP contribution in [0.25, 0.3) is 6.08 Å². The van der Waals surface area contributed by atoms with Crippen molar-refractivity contribution in [2.24, 2.45) is 0 Å². The number of carboxylic acids is 1. The van der Waals surface area contributed by atoms with E-state index in [0.717, 1.165) is 35.3 Å². The number of amides is 1. The lowest BCUT2D eigenvalue weighted by Gasteiger charge is -2.22. The summed E-state index contributed by atoms with van der Waals surface area (Å²) in [6.07, 6.45) is 6.83. The molecule has 1 aromatic carbocycles. The van der Waals surface area contributed by atoms with E-state index in [1.165, 1.54) is 31.4 Å². The quantitative estimate of drug-likeness (QED) is 0.642. The smallest absolute Gasteiger partial charge is 0.323 e. The van der Waals surface area contributed by atoms with Crippen molar-refractivity contribution in [1.82, 2.24) is 4.90 Å². The minimum Gasteiger partial charge on any atom is -0.480 e. The molecule has 0 unspecified atom stereocenters. The summed E-state index contributed by atoms with van der Waals surface area (Å²) in [5.41, 5.74) is 2.12. The third-order valence-electron chi connectivity index (χ3n) is 4.33. The molecule has 3 rings (SSSR count). The van der Waals surface area contributed by atoms with Crippen LogP contribution >= 0.6 is 24.0 Å². The highest BCUT2D eigenvalue weighted by Crippen LogP contribution is 2.32. The maximum Gasteiger partial charge on any atom is 0.323 e. The average Bonchev–Trinajstić information content (AvgIpc) is 2.79. The van der Waals surface area contributed by atoms with Gasteiger partial charge in [-0.1, -0.05) is 49.0 Å². The number of thioether (sulfide) groups is 1. The van der Waals surface area contributed by atoms with Crippen LogP contribution < -0.4 is 4.90 Å². The van der Waals surface area contributed by atoms with Gasteiger partial charge in [-0.3, -0.25) is 14.5 Å². The molecule has 1 aromatic rings. The fourth-order valence-electron chi connectivity index (χ4n) is 3.03. The predicted molar refractivity (Wildman–Crippen MR) is 105 cm³/mol. The first-order valence-corrected chi connectivity index (χ1v) is 9.59. The van der Waals surface area contributed by atoms with Gasteiger partial charge in [0, 0.05) is 18.8 Å². The van der Waals surface area contributed by atoms with E-state index in [-0.39, 0.29) is 5.91 Å². The summed E-state index contributed by atoms with van der Waals surface area (Å²) in [6.45, 7) is 1.79. The second-order valence-electron chi connectivity index (χ2n) is 6.15. The van der Waals surface area contributed by atoms with Crippen LogP contribution in [-0.4, -0.2) is 45.8 Å². The molecule has 2 aliphatic rings. The molecular weight excluding hydrogens is 356 g/mol. The number of hydrogen-bond donors (Lipinski definition) is 1. The molecule has 5 nitrogen and oxygen atoms in total. The van der Waals surface area contributed by atoms with Crippen LogP contribution in [0.1, 0.15) is 31.2 Å². The van der Waals surface area contributed by atoms with Gasteiger partial charge >= 0.3 is 5.97 Å². The molecule has 0 spiro atoms. The summed E-state index contributed by atoms with van der Waals surface area (Å²) >= 11 is 6.25. The maximum atomic E-state index is 12.3. The molecule has 0 saturated carbocycles. The normalized spacial score (nSPS) is 20.2. The van der Waals surface area contributed by atoms with Crippen molar-refractivity contribution >= 4 is 51.9 Å². The number of anilines is 1. The van der Waals surface area contributed by atoms with E-state index in [1.54, 1.807) is 6.08 Å². The number of hydrogen-bond acceptors (Lipinski definition) is 5. The monoisotopic (exact) mass is 376 g/mol. The molecule has 2 saturated heterocycles. The number of carbonyl (C=O) groups is 2. The van der Waals surface area contributed by atoms with Crippen molar-refractivity contribution in [1.29, 1.82) is 0 Å². The number of thiocarbonyl (C=S) groups is 1. The highest BCUT2D eigenvalue weighted by molar-refractivity contribution is 8.26. The number of rotatable bonds is 4. The first-order valence-electron chi connectivity index (χ1n) is 8.37. The molecule has 1 amide bonds. The molecule has 0 aromatic heterocycles. The summed E-state index contributed by atoms with van der Waals surface area (Å²) in [7, 11) is 0. The van der Waals surface area contributed by atoms with Gasteiger partial charge in [-0.15, -0.1) is 0 Å². The van der Waals surface area contributed by atoms with Crippen LogP contribution in [0.5, 0.6) is 0 Å². The fourth-order valence-corrected chi connectivity index (χ4v) is 4.29. The van der Waals surface area contributed by atoms with E-state index >= 15 is 0 Å². The van der Waals surface area contributed by atoms with E-state index in [4.69, 9.17) is 17.3 Å². The van der Waals surface area contributed by atoms with E-state index in [9.17, 15) is 9.59 Å². The average molecular weight is 377 g/mol. The van der Waals surface area contributed by atoms with Gasteiger partial charge in [0.25, 0.3) is 5.91 Å². The van der Waals surface area contributed by atoms with E-state index in [0.29, 0.717) is 9.23 Å². The molecule has 0 radical (unpaired) electrons. The van der Waals surface area contributed by atoms with E-state index in [1.807, 2.05) is 12.1 Å². The molecule has 2 heterocycles. The van der Waals surface area contributed by atoms with Crippen LogP contribution in [0.15, 0.2) is 29.2 Å². The summed E-state index contributed by atoms with van der Waals surface area (Å²) < 4.78 is 0.292. The predicted octanol–water partition coefficient (Wildman–Crippen LogP) is 3.35. The van der Waals surface area contributed by atoms with E-state index in [2.05, 4.69) is 17.0 Å². The van der Waals surface area contributed by atoms with Crippen molar-refractivity contribution < 1.29 is 14.7 Å². The second-order valence-corrected chi connectivity index (χ2v) is 7.83. The summed E-state index contributed by atoms with van der Waals surface area (Å²) in [6, 6.07) is 8.14. The SMILES string of the molecule is O=C(O)CN1C(=O)/C(=C\c2ccc(N3CCCCCC3)cc2)SC1=S. The van der Waals surface area contributed by atoms with Gasteiger partial charge in [0.05, 0.1) is 4.91 Å². The van der Waals surface area contributed by atoms with Gasteiger partial charge < -0.3 is 10.0 Å². The Morgan fingerprint density at radius 3 is 2.40 bits per heavy atom. The van der Waals surface area contributed by atoms with Crippen LogP contribution in [0.3, 0.4) is 0 Å². The van der Waals surface area contributed by atoms with Crippen LogP contribution in [0.2, 0.25) is 0 Å². The minimum atomic E-state index is -1.07. The van der Waals surface area contributed by atoms with Crippen molar-refractivity contribution in [3.8, 4) is 0 Å². The first-order chi connectivity index (χ1) is 12.0. The van der Waals surface area contributed by atoms with Crippen molar-refractivity contribution in [2.45, 2.75) is 25.7 Å². The van der Waals surface area contributed by atoms with Gasteiger partial charge in [-0.25, -0.2) is 0 Å². The number of benzene rings is 1. The molecule has 0 atom stereocenters. The Labute approximate surface area is 156 Å². The second kappa shape index (κ2) is 8.01. The molecule has 25 heavy (non-hydrogen) atoms. The fraction of sp³-hybridized carbons (Fsp3) is 0.389. The molecular formula is C18H20N2O3S2. The summed E-state index contributed by atoms with van der Waals surface area (Å²) in [4.78, 5) is 27.1. The topological polar surface area (TPSA) is 60.9 Å². The Kier molecular flexibility index (Phi) is 5.75. The molecule has 2 fully saturated rings. The Morgan fingerprint density at radius 2 is 1.80 bits per heavy atom. The van der Waals surface area contributed by atoms with Crippen molar-refractivity contribution in [2.75, 3.05) is 24.5 Å². The molecule has 0 aliphatic carbocycles. The highest BCUT2D eigenvalue weighted by atomic mass is 32.2. The molecule has 0 bridgehead atoms. The Morgan fingerprint density at radius 1 is 1.16 bits per heavy atom. The standard InChI is InChI=1S/C18H20N2O3S2/c21-16(22)12-20-17(23)15(25-18(20)24)11-13-5-7-14(8-6-13)19-9-3-1-2-4-10-19/h5-8,11H,1-4,9-10,12H2,(H,21,22)/b15-11+. The molecule has 1 N–H and O–H groups in total. The van der Waals surface area contributed by atoms with Crippen molar-refractivity contribution in [3.05, 3.63) is 34.7 Å². The third-order valence-corrected chi connectivity index (χ3v) is 5.71. The van der Waals surface area contributed by atoms with Crippen LogP contribution in [-0.2, 0) is 9.59 Å². The van der Waals surface area contributed by atoms with Gasteiger partial charge in [0.15, 0.2) is 0 Å². The molecule has 7 heteroatoms. The number of carboxylic acid groups (broad SMARTS) is 1. The number of carbonyl (C=O) groups excluding carboxylic acids is 1. The largest absolute Gasteiger partial charge is 0.480 e. The van der Waals surface area contributed by atoms with E-state index < -0.39 is 12.5 Å². The zero-order valence-electron chi connectivity index (χ0n) is 13.8. The zero-order valence-corrected chi connectivity index (χ0v) is 15.4. The Bertz CT molecular complexity index is 708. The maximum absolute atomic E-state index is 12.3. The summed E-state index contributed by atoms with van der Waals surface area (Å²) in [5.74, 6) is -1.41. The van der Waals surface area contributed by atoms with Gasteiger partial charge in [0.1, 0.15) is 10.9 Å². The Balaban J connectivity index is 1.72. The lowest BCUT2D eigenvalue weighted by atomic mass is 10.1. The minimum absolute atomic E-state index is 0.292. The lowest BCUT2D eigenvalue weighted by Crippen LogP contribution is -2.33. The molecule has 132 valence electrons. The van der Waals surface area contributed by atoms with Crippen LogP contribution in [0.4, 0.5) is 5.69 Å². The highest BCUT2D eigenvalue weighted by Gasteiger charge is 2.33. The zero-order chi connectivity index (χ0) is 17.8. The van der Waals surface area contributed by atoms with Crippen LogP contribution in [0, 0.1) is 0 Å². The van der Waals surface area contributed by atoms with Gasteiger partial charge in [-0.2, -0.15) is 0 Å². The summed E-state index contributed by atoms with van der Waals surface area (Å²) in [5, 5.41) is 8.87. The first kappa shape index (κ1) is 17.9. The molecule has 2 aliphatic heterocycles. The Hall–Kier alpha value is -1.86. The van der Waals surface area contributed by atoms with Gasteiger partial charge in [-0.05, 0) is 36.6 Å². The number of nitrogens with zero attached hydrogens (tertiary/aromatic N) is 2. The van der Waals surface area contributed by atoms with Gasteiger partial charge in [0.2, 0.25) is 0 Å². The lowest BCUT2D eigenvalue weighted by molar-refractivity contribution is -0.140. The number of aliphatic carboxylic acids is 1. The third kappa shape index (κ3) is 4.41.